The molecule has 3 rings (SSSR count). The second kappa shape index (κ2) is 9.90. The van der Waals surface area contributed by atoms with Gasteiger partial charge in [0.1, 0.15) is 0 Å². The summed E-state index contributed by atoms with van der Waals surface area (Å²) in [6.07, 6.45) is 3.09. The van der Waals surface area contributed by atoms with Crippen molar-refractivity contribution in [3.63, 3.8) is 0 Å². The molecule has 3 aromatic carbocycles. The van der Waals surface area contributed by atoms with Crippen molar-refractivity contribution in [2.75, 3.05) is 6.16 Å². The van der Waals surface area contributed by atoms with Gasteiger partial charge in [-0.05, 0) is 0 Å². The van der Waals surface area contributed by atoms with E-state index in [1.54, 1.807) is 0 Å². The topological polar surface area (TPSA) is 0 Å². The van der Waals surface area contributed by atoms with Gasteiger partial charge in [0.15, 0.2) is 0 Å². The molecule has 0 aliphatic rings. The molecule has 0 bridgehead atoms. The maximum absolute atomic E-state index is 4.06. The molecule has 1 atom stereocenters. The molecular weight excluding hydrogens is 394 g/mol. The number of halogens is 1. The van der Waals surface area contributed by atoms with Gasteiger partial charge in [0.2, 0.25) is 0 Å². The van der Waals surface area contributed by atoms with E-state index in [1.807, 2.05) is 0 Å². The van der Waals surface area contributed by atoms with Crippen molar-refractivity contribution in [1.29, 1.82) is 0 Å². The van der Waals surface area contributed by atoms with E-state index in [2.05, 4.69) is 104 Å². The molecule has 0 heterocycles. The molecule has 24 heavy (non-hydrogen) atoms. The smallest absolute Gasteiger partial charge is 0.153 e. The van der Waals surface area contributed by atoms with Gasteiger partial charge in [-0.25, -0.2) is 0 Å². The number of allylic oxidation sites excluding steroid dienone is 1. The summed E-state index contributed by atoms with van der Waals surface area (Å²) < 4.78 is 0. The van der Waals surface area contributed by atoms with Crippen LogP contribution in [-0.2, 0) is 0 Å². The van der Waals surface area contributed by atoms with Crippen LogP contribution in [0.2, 0.25) is 0 Å². The molecule has 0 N–H and O–H groups in total. The second-order valence-corrected chi connectivity index (χ2v) is 9.45. The van der Waals surface area contributed by atoms with E-state index in [1.165, 1.54) is 15.9 Å². The second-order valence-electron chi connectivity index (χ2n) is 5.50. The van der Waals surface area contributed by atoms with Crippen LogP contribution in [0.1, 0.15) is 0 Å². The Kier molecular flexibility index (Phi) is 8.57. The first-order chi connectivity index (χ1) is 10.9. The van der Waals surface area contributed by atoms with E-state index < -0.39 is 7.26 Å². The third kappa shape index (κ3) is 4.04. The Hall–Kier alpha value is -1.26. The van der Waals surface area contributed by atoms with Gasteiger partial charge in [0.25, 0.3) is 0 Å². The fraction of sp³-hybridized carbons (Fsp3) is 0.0476. The van der Waals surface area contributed by atoms with Crippen LogP contribution in [0.15, 0.2) is 104 Å². The van der Waals surface area contributed by atoms with E-state index in [4.69, 9.17) is 0 Å². The zero-order valence-electron chi connectivity index (χ0n) is 13.8. The molecule has 0 aliphatic carbocycles. The SMILES string of the molecule is Br.C=CC[PH](c1ccccc1)(c1ccccc1)c1ccccc1.P. The van der Waals surface area contributed by atoms with E-state index >= 15 is 0 Å². The first-order valence-corrected chi connectivity index (χ1v) is 9.86. The van der Waals surface area contributed by atoms with Crippen molar-refractivity contribution in [2.24, 2.45) is 0 Å². The van der Waals surface area contributed by atoms with Crippen LogP contribution in [0.25, 0.3) is 0 Å². The van der Waals surface area contributed by atoms with Crippen molar-refractivity contribution in [1.82, 2.24) is 0 Å². The summed E-state index contributed by atoms with van der Waals surface area (Å²) in [4.78, 5) is 0. The summed E-state index contributed by atoms with van der Waals surface area (Å²) in [6.45, 7) is 4.06. The summed E-state index contributed by atoms with van der Waals surface area (Å²) in [6, 6.07) is 32.8. The van der Waals surface area contributed by atoms with Crippen molar-refractivity contribution >= 4 is 50.1 Å². The Morgan fingerprint density at radius 1 is 0.625 bits per heavy atom. The molecule has 0 nitrogen and oxygen atoms in total. The Balaban J connectivity index is 0.00000144. The normalized spacial score (nSPS) is 10.8. The molecule has 0 aromatic heterocycles. The van der Waals surface area contributed by atoms with Crippen LogP contribution in [0.4, 0.5) is 0 Å². The van der Waals surface area contributed by atoms with Gasteiger partial charge in [-0.15, -0.1) is 17.0 Å². The van der Waals surface area contributed by atoms with Gasteiger partial charge in [0.05, 0.1) is 0 Å². The molecule has 3 heteroatoms. The molecule has 126 valence electrons. The van der Waals surface area contributed by atoms with Crippen LogP contribution >= 0.6 is 34.1 Å². The summed E-state index contributed by atoms with van der Waals surface area (Å²) in [7, 11) is -2.04. The van der Waals surface area contributed by atoms with Gasteiger partial charge in [-0.3, -0.25) is 0 Å². The molecule has 0 saturated heterocycles. The first-order valence-electron chi connectivity index (χ1n) is 7.65. The largest absolute Gasteiger partial charge is 0.153 e. The zero-order chi connectivity index (χ0) is 15.3. The molecule has 0 fully saturated rings. The quantitative estimate of drug-likeness (QED) is 0.421. The van der Waals surface area contributed by atoms with Crippen LogP contribution in [-0.4, -0.2) is 6.16 Å². The van der Waals surface area contributed by atoms with Crippen molar-refractivity contribution in [3.8, 4) is 0 Å². The Morgan fingerprint density at radius 2 is 0.917 bits per heavy atom. The van der Waals surface area contributed by atoms with Crippen LogP contribution in [0.5, 0.6) is 0 Å². The number of hydrogen-bond donors (Lipinski definition) is 0. The van der Waals surface area contributed by atoms with E-state index in [-0.39, 0.29) is 26.9 Å². The van der Waals surface area contributed by atoms with Gasteiger partial charge in [-0.2, -0.15) is 9.90 Å². The van der Waals surface area contributed by atoms with Crippen LogP contribution in [0.3, 0.4) is 0 Å². The third-order valence-corrected chi connectivity index (χ3v) is 9.11. The van der Waals surface area contributed by atoms with Gasteiger partial charge in [0, 0.05) is 0 Å². The van der Waals surface area contributed by atoms with Crippen LogP contribution in [0, 0.1) is 0 Å². The van der Waals surface area contributed by atoms with E-state index in [0.29, 0.717) is 0 Å². The number of hydrogen-bond acceptors (Lipinski definition) is 0. The molecule has 0 saturated carbocycles. The Bertz CT molecular complexity index is 631. The molecule has 0 amide bonds. The average molecular weight is 419 g/mol. The maximum Gasteiger partial charge on any atom is -0.153 e. The van der Waals surface area contributed by atoms with Crippen molar-refractivity contribution in [2.45, 2.75) is 0 Å². The molecule has 1 unspecified atom stereocenters. The minimum Gasteiger partial charge on any atom is -0.153 e. The fourth-order valence-electron chi connectivity index (χ4n) is 3.24. The summed E-state index contributed by atoms with van der Waals surface area (Å²) in [5.74, 6) is 0. The monoisotopic (exact) mass is 418 g/mol. The van der Waals surface area contributed by atoms with Crippen LogP contribution < -0.4 is 15.9 Å². The number of benzene rings is 3. The summed E-state index contributed by atoms with van der Waals surface area (Å²) in [5, 5.41) is 4.31. The summed E-state index contributed by atoms with van der Waals surface area (Å²) in [5.41, 5.74) is 0. The minimum atomic E-state index is -2.04. The molecule has 0 aliphatic heterocycles. The standard InChI is InChI=1S/C21H21P.BrH.H3P/c1-2-18-22(19-12-6-3-7-13-19,20-14-8-4-9-15-20)21-16-10-5-11-17-21;;/h2-17,22H,1,18H2;1H;1H3. The molecular formula is C21H25BrP2. The van der Waals surface area contributed by atoms with Crippen molar-refractivity contribution < 1.29 is 0 Å². The average Bonchev–Trinajstić information content (AvgIpc) is 2.62. The summed E-state index contributed by atoms with van der Waals surface area (Å²) >= 11 is 0. The Labute approximate surface area is 159 Å². The third-order valence-electron chi connectivity index (χ3n) is 4.25. The van der Waals surface area contributed by atoms with Gasteiger partial charge in [-0.1, -0.05) is 0 Å². The van der Waals surface area contributed by atoms with E-state index in [0.717, 1.165) is 6.16 Å². The maximum atomic E-state index is 4.06. The van der Waals surface area contributed by atoms with Gasteiger partial charge >= 0.3 is 133 Å². The predicted octanol–water partition coefficient (Wildman–Crippen LogP) is 4.53. The Morgan fingerprint density at radius 3 is 1.17 bits per heavy atom. The molecule has 3 aromatic rings. The molecule has 0 spiro atoms. The van der Waals surface area contributed by atoms with Crippen molar-refractivity contribution in [3.05, 3.63) is 104 Å². The zero-order valence-corrected chi connectivity index (χ0v) is 17.9. The molecule has 0 radical (unpaired) electrons. The minimum absolute atomic E-state index is 0. The predicted molar refractivity (Wildman–Crippen MR) is 123 cm³/mol. The van der Waals surface area contributed by atoms with Gasteiger partial charge < -0.3 is 0 Å². The fourth-order valence-corrected chi connectivity index (χ4v) is 7.66. The first kappa shape index (κ1) is 20.8. The van der Waals surface area contributed by atoms with E-state index in [9.17, 15) is 0 Å². The number of rotatable bonds is 5.